The van der Waals surface area contributed by atoms with E-state index in [0.29, 0.717) is 11.5 Å². The summed E-state index contributed by atoms with van der Waals surface area (Å²) in [5.41, 5.74) is -0.635. The highest BCUT2D eigenvalue weighted by molar-refractivity contribution is 7.16. The highest BCUT2D eigenvalue weighted by Crippen LogP contribution is 2.39. The molecule has 1 amide bonds. The topological polar surface area (TPSA) is 131 Å². The van der Waals surface area contributed by atoms with Crippen molar-refractivity contribution in [1.82, 2.24) is 4.98 Å². The second kappa shape index (κ2) is 9.23. The highest BCUT2D eigenvalue weighted by Gasteiger charge is 2.24. The molecule has 0 fully saturated rings. The van der Waals surface area contributed by atoms with E-state index in [1.165, 1.54) is 29.5 Å². The van der Waals surface area contributed by atoms with E-state index in [9.17, 15) is 20.2 Å². The Kier molecular flexibility index (Phi) is 6.48. The first kappa shape index (κ1) is 21.1. The number of benzene rings is 1. The summed E-state index contributed by atoms with van der Waals surface area (Å²) in [5.74, 6) is -0.249. The van der Waals surface area contributed by atoms with Crippen molar-refractivity contribution in [2.24, 2.45) is 0 Å². The smallest absolute Gasteiger partial charge is 0.296 e. The van der Waals surface area contributed by atoms with Crippen LogP contribution in [0.25, 0.3) is 6.08 Å². The number of thiazole rings is 1. The van der Waals surface area contributed by atoms with Crippen LogP contribution in [0.3, 0.4) is 0 Å². The second-order valence-electron chi connectivity index (χ2n) is 6.11. The second-order valence-corrected chi connectivity index (χ2v) is 7.15. The van der Waals surface area contributed by atoms with Crippen molar-refractivity contribution in [2.75, 3.05) is 36.5 Å². The predicted molar refractivity (Wildman–Crippen MR) is 112 cm³/mol. The normalized spacial score (nSPS) is 12.8. The number of amides is 1. The average molecular weight is 429 g/mol. The van der Waals surface area contributed by atoms with Gasteiger partial charge in [-0.25, -0.2) is 4.98 Å². The van der Waals surface area contributed by atoms with Crippen LogP contribution >= 0.6 is 11.3 Å². The van der Waals surface area contributed by atoms with E-state index < -0.39 is 10.8 Å². The number of nitrogens with one attached hydrogen (secondary N) is 1. The third-order valence-electron chi connectivity index (χ3n) is 4.30. The summed E-state index contributed by atoms with van der Waals surface area (Å²) >= 11 is 1.35. The van der Waals surface area contributed by atoms with Crippen molar-refractivity contribution in [3.05, 3.63) is 38.9 Å². The lowest BCUT2D eigenvalue weighted by Crippen LogP contribution is -2.21. The van der Waals surface area contributed by atoms with E-state index in [-0.39, 0.29) is 35.1 Å². The van der Waals surface area contributed by atoms with Gasteiger partial charge in [0.1, 0.15) is 30.5 Å². The molecule has 1 aliphatic rings. The fourth-order valence-electron chi connectivity index (χ4n) is 2.79. The number of anilines is 2. The fraction of sp³-hybridized carbons (Fsp3) is 0.316. The van der Waals surface area contributed by atoms with Crippen LogP contribution < -0.4 is 19.7 Å². The van der Waals surface area contributed by atoms with Crippen molar-refractivity contribution in [1.29, 1.82) is 5.26 Å². The monoisotopic (exact) mass is 429 g/mol. The van der Waals surface area contributed by atoms with Gasteiger partial charge in [0, 0.05) is 25.4 Å². The fourth-order valence-corrected chi connectivity index (χ4v) is 3.78. The van der Waals surface area contributed by atoms with Gasteiger partial charge in [0.05, 0.1) is 15.9 Å². The van der Waals surface area contributed by atoms with E-state index in [1.54, 1.807) is 6.20 Å². The number of nitriles is 1. The van der Waals surface area contributed by atoms with Crippen molar-refractivity contribution < 1.29 is 19.2 Å². The first-order valence-electron chi connectivity index (χ1n) is 9.18. The molecule has 156 valence electrons. The molecule has 0 saturated heterocycles. The third-order valence-corrected chi connectivity index (χ3v) is 5.31. The quantitative estimate of drug-likeness (QED) is 0.307. The molecular weight excluding hydrogens is 410 g/mol. The van der Waals surface area contributed by atoms with Gasteiger partial charge in [-0.3, -0.25) is 14.9 Å². The Labute approximate surface area is 176 Å². The molecule has 1 aliphatic heterocycles. The van der Waals surface area contributed by atoms with Gasteiger partial charge < -0.3 is 19.7 Å². The molecule has 0 unspecified atom stereocenters. The number of fused-ring (bicyclic) bond motifs is 1. The van der Waals surface area contributed by atoms with Gasteiger partial charge in [0.25, 0.3) is 11.6 Å². The number of hydrogen-bond donors (Lipinski definition) is 1. The molecule has 0 atom stereocenters. The maximum atomic E-state index is 12.6. The van der Waals surface area contributed by atoms with Crippen LogP contribution in [0.15, 0.2) is 23.9 Å². The molecule has 0 saturated carbocycles. The van der Waals surface area contributed by atoms with E-state index in [2.05, 4.69) is 10.3 Å². The van der Waals surface area contributed by atoms with Gasteiger partial charge in [-0.15, -0.1) is 0 Å². The first-order chi connectivity index (χ1) is 14.5. The summed E-state index contributed by atoms with van der Waals surface area (Å²) in [7, 11) is 0. The maximum absolute atomic E-state index is 12.6. The first-order valence-corrected chi connectivity index (χ1v) is 10.00. The lowest BCUT2D eigenvalue weighted by molar-refractivity contribution is -0.384. The van der Waals surface area contributed by atoms with Crippen molar-refractivity contribution in [3.8, 4) is 17.6 Å². The van der Waals surface area contributed by atoms with E-state index in [1.807, 2.05) is 24.8 Å². The number of nitrogens with zero attached hydrogens (tertiary/aromatic N) is 4. The van der Waals surface area contributed by atoms with Gasteiger partial charge in [-0.1, -0.05) is 11.3 Å². The minimum Gasteiger partial charge on any atom is -0.486 e. The van der Waals surface area contributed by atoms with Crippen molar-refractivity contribution >= 4 is 39.8 Å². The van der Waals surface area contributed by atoms with Gasteiger partial charge in [0.2, 0.25) is 0 Å². The number of nitro groups is 1. The molecular formula is C19H19N5O5S. The predicted octanol–water partition coefficient (Wildman–Crippen LogP) is 3.21. The zero-order valence-electron chi connectivity index (χ0n) is 16.4. The molecule has 0 radical (unpaired) electrons. The van der Waals surface area contributed by atoms with Crippen LogP contribution in [-0.2, 0) is 4.79 Å². The van der Waals surface area contributed by atoms with Crippen LogP contribution in [0.4, 0.5) is 16.5 Å². The van der Waals surface area contributed by atoms with Crippen LogP contribution in [0.5, 0.6) is 11.5 Å². The molecule has 1 aromatic heterocycles. The summed E-state index contributed by atoms with van der Waals surface area (Å²) < 4.78 is 10.8. The van der Waals surface area contributed by atoms with Crippen LogP contribution in [0, 0.1) is 21.4 Å². The molecule has 0 spiro atoms. The number of ether oxygens (including phenoxy) is 2. The Morgan fingerprint density at radius 1 is 1.37 bits per heavy atom. The molecule has 2 aromatic rings. The summed E-state index contributed by atoms with van der Waals surface area (Å²) in [6, 6.07) is 4.35. The van der Waals surface area contributed by atoms with E-state index in [4.69, 9.17) is 9.47 Å². The molecule has 1 N–H and O–H groups in total. The van der Waals surface area contributed by atoms with Crippen molar-refractivity contribution in [2.45, 2.75) is 13.8 Å². The molecule has 1 aromatic carbocycles. The zero-order valence-corrected chi connectivity index (χ0v) is 17.2. The minimum absolute atomic E-state index is 0.0801. The third kappa shape index (κ3) is 4.49. The SMILES string of the molecule is CCN(CC)c1ncc(C=C(C#N)C(=O)Nc2cc3c(cc2[N+](=O)[O-])OCCO3)s1. The summed E-state index contributed by atoms with van der Waals surface area (Å²) in [4.78, 5) is 30.4. The molecule has 0 aliphatic carbocycles. The lowest BCUT2D eigenvalue weighted by Gasteiger charge is -2.19. The Morgan fingerprint density at radius 2 is 2.03 bits per heavy atom. The molecule has 3 rings (SSSR count). The maximum Gasteiger partial charge on any atom is 0.296 e. The largest absolute Gasteiger partial charge is 0.486 e. The number of rotatable bonds is 7. The number of aromatic nitrogens is 1. The number of carbonyl (C=O) groups is 1. The summed E-state index contributed by atoms with van der Waals surface area (Å²) in [6.07, 6.45) is 2.99. The van der Waals surface area contributed by atoms with Crippen LogP contribution in [-0.4, -0.2) is 42.1 Å². The van der Waals surface area contributed by atoms with Crippen LogP contribution in [0.2, 0.25) is 0 Å². The average Bonchev–Trinajstić information content (AvgIpc) is 3.20. The van der Waals surface area contributed by atoms with Gasteiger partial charge in [-0.05, 0) is 19.9 Å². The highest BCUT2D eigenvalue weighted by atomic mass is 32.1. The Hall–Kier alpha value is -3.65. The molecule has 10 nitrogen and oxygen atoms in total. The van der Waals surface area contributed by atoms with E-state index >= 15 is 0 Å². The number of carbonyl (C=O) groups excluding carboxylic acids is 1. The van der Waals surface area contributed by atoms with Gasteiger partial charge in [-0.2, -0.15) is 5.26 Å². The Bertz CT molecular complexity index is 1040. The standard InChI is InChI=1S/C19H19N5O5S/c1-3-23(4-2)19-21-11-13(30-19)7-12(10-20)18(25)22-14-8-16-17(29-6-5-28-16)9-15(14)24(26)27/h7-9,11H,3-6H2,1-2H3,(H,22,25). The van der Waals surface area contributed by atoms with Crippen molar-refractivity contribution in [3.63, 3.8) is 0 Å². The van der Waals surface area contributed by atoms with Gasteiger partial charge >= 0.3 is 0 Å². The van der Waals surface area contributed by atoms with Crippen LogP contribution in [0.1, 0.15) is 18.7 Å². The Morgan fingerprint density at radius 3 is 2.63 bits per heavy atom. The summed E-state index contributed by atoms with van der Waals surface area (Å²) in [6.45, 7) is 6.16. The zero-order chi connectivity index (χ0) is 21.7. The molecule has 30 heavy (non-hydrogen) atoms. The van der Waals surface area contributed by atoms with Gasteiger partial charge in [0.15, 0.2) is 16.6 Å². The van der Waals surface area contributed by atoms with E-state index in [0.717, 1.165) is 18.2 Å². The number of nitro benzene ring substituents is 1. The molecule has 11 heteroatoms. The molecule has 0 bridgehead atoms. The number of hydrogen-bond acceptors (Lipinski definition) is 9. The Balaban J connectivity index is 1.86. The summed E-state index contributed by atoms with van der Waals surface area (Å²) in [5, 5.41) is 24.1. The minimum atomic E-state index is -0.768. The lowest BCUT2D eigenvalue weighted by atomic mass is 10.2. The molecule has 2 heterocycles.